The number of benzene rings is 1. The van der Waals surface area contributed by atoms with Gasteiger partial charge in [0, 0.05) is 38.1 Å². The van der Waals surface area contributed by atoms with Crippen molar-refractivity contribution in [2.24, 2.45) is 11.8 Å². The number of nitrogens with one attached hydrogen (secondary N) is 1. The van der Waals surface area contributed by atoms with Crippen molar-refractivity contribution in [1.82, 2.24) is 15.2 Å². The minimum atomic E-state index is -0.189. The van der Waals surface area contributed by atoms with Crippen molar-refractivity contribution in [3.63, 3.8) is 0 Å². The molecule has 28 heavy (non-hydrogen) atoms. The Balaban J connectivity index is 1.24. The third-order valence-electron chi connectivity index (χ3n) is 5.57. The quantitative estimate of drug-likeness (QED) is 0.864. The van der Waals surface area contributed by atoms with Crippen LogP contribution >= 0.6 is 0 Å². The Bertz CT molecular complexity index is 847. The molecule has 1 N–H and O–H groups in total. The van der Waals surface area contributed by atoms with Crippen molar-refractivity contribution in [1.29, 1.82) is 0 Å². The van der Waals surface area contributed by atoms with Gasteiger partial charge in [0.2, 0.25) is 11.8 Å². The van der Waals surface area contributed by atoms with E-state index >= 15 is 0 Å². The molecule has 2 heterocycles. The lowest BCUT2D eigenvalue weighted by Gasteiger charge is -2.36. The first-order valence-electron chi connectivity index (χ1n) is 9.90. The second-order valence-corrected chi connectivity index (χ2v) is 7.64. The van der Waals surface area contributed by atoms with E-state index in [1.54, 1.807) is 6.20 Å². The molecule has 1 aliphatic heterocycles. The van der Waals surface area contributed by atoms with E-state index < -0.39 is 0 Å². The van der Waals surface area contributed by atoms with Gasteiger partial charge < -0.3 is 15.1 Å². The highest BCUT2D eigenvalue weighted by Gasteiger charge is 2.49. The Labute approximate surface area is 165 Å². The van der Waals surface area contributed by atoms with Crippen LogP contribution in [0.15, 0.2) is 48.7 Å². The van der Waals surface area contributed by atoms with Crippen LogP contribution in [0, 0.1) is 18.8 Å². The van der Waals surface area contributed by atoms with Gasteiger partial charge in [0.05, 0.1) is 24.1 Å². The fraction of sp³-hybridized carbons (Fsp3) is 0.409. The molecule has 1 saturated heterocycles. The Morgan fingerprint density at radius 1 is 1.07 bits per heavy atom. The largest absolute Gasteiger partial charge is 0.368 e. The number of aromatic nitrogens is 1. The van der Waals surface area contributed by atoms with Crippen LogP contribution in [0.3, 0.4) is 0 Å². The lowest BCUT2D eigenvalue weighted by molar-refractivity contribution is -0.135. The Hall–Kier alpha value is -2.89. The summed E-state index contributed by atoms with van der Waals surface area (Å²) in [5, 5.41) is 2.90. The first-order chi connectivity index (χ1) is 13.6. The molecule has 1 aromatic carbocycles. The zero-order chi connectivity index (χ0) is 19.5. The first-order valence-corrected chi connectivity index (χ1v) is 9.90. The molecule has 0 bridgehead atoms. The van der Waals surface area contributed by atoms with Crippen molar-refractivity contribution in [2.75, 3.05) is 31.1 Å². The molecular formula is C22H26N4O2. The van der Waals surface area contributed by atoms with E-state index in [4.69, 9.17) is 0 Å². The number of piperazine rings is 1. The second-order valence-electron chi connectivity index (χ2n) is 7.64. The number of hydrogen-bond donors (Lipinski definition) is 1. The molecule has 2 amide bonds. The third kappa shape index (κ3) is 4.16. The van der Waals surface area contributed by atoms with Gasteiger partial charge in [-0.1, -0.05) is 18.2 Å². The zero-order valence-corrected chi connectivity index (χ0v) is 16.2. The predicted octanol–water partition coefficient (Wildman–Crippen LogP) is 1.99. The van der Waals surface area contributed by atoms with Crippen LogP contribution < -0.4 is 10.2 Å². The summed E-state index contributed by atoms with van der Waals surface area (Å²) in [4.78, 5) is 33.5. The van der Waals surface area contributed by atoms with Gasteiger partial charge in [0.25, 0.3) is 0 Å². The smallest absolute Gasteiger partial charge is 0.226 e. The third-order valence-corrected chi connectivity index (χ3v) is 5.57. The molecule has 1 aromatic heterocycles. The number of pyridine rings is 1. The molecule has 2 atom stereocenters. The van der Waals surface area contributed by atoms with E-state index in [1.165, 1.54) is 11.3 Å². The van der Waals surface area contributed by atoms with Gasteiger partial charge in [-0.3, -0.25) is 14.6 Å². The molecule has 2 aliphatic rings. The summed E-state index contributed by atoms with van der Waals surface area (Å²) < 4.78 is 0. The number of rotatable bonds is 5. The van der Waals surface area contributed by atoms with Gasteiger partial charge in [-0.2, -0.15) is 0 Å². The number of amides is 2. The number of nitrogens with zero attached hydrogens (tertiary/aromatic N) is 3. The molecule has 6 nitrogen and oxygen atoms in total. The average Bonchev–Trinajstić information content (AvgIpc) is 3.53. The SMILES string of the molecule is Cc1cccc(N2CCN(C(=O)C3CC3C(=O)NCc3ccccn3)CC2)c1. The van der Waals surface area contributed by atoms with Crippen LogP contribution in [0.25, 0.3) is 0 Å². The molecule has 1 aliphatic carbocycles. The number of hydrogen-bond acceptors (Lipinski definition) is 4. The lowest BCUT2D eigenvalue weighted by atomic mass is 10.2. The highest BCUT2D eigenvalue weighted by Crippen LogP contribution is 2.40. The number of aryl methyl sites for hydroxylation is 1. The topological polar surface area (TPSA) is 65.5 Å². The van der Waals surface area contributed by atoms with Crippen LogP contribution in [-0.2, 0) is 16.1 Å². The summed E-state index contributed by atoms with van der Waals surface area (Å²) in [6.45, 7) is 5.59. The summed E-state index contributed by atoms with van der Waals surface area (Å²) in [6, 6.07) is 14.1. The molecule has 146 valence electrons. The van der Waals surface area contributed by atoms with Gasteiger partial charge in [0.1, 0.15) is 0 Å². The minimum absolute atomic E-state index is 0.0394. The van der Waals surface area contributed by atoms with E-state index in [9.17, 15) is 9.59 Å². The molecule has 4 rings (SSSR count). The number of carbonyl (C=O) groups is 2. The maximum atomic E-state index is 12.8. The molecule has 2 aromatic rings. The average molecular weight is 378 g/mol. The monoisotopic (exact) mass is 378 g/mol. The van der Waals surface area contributed by atoms with Crippen molar-refractivity contribution in [2.45, 2.75) is 19.9 Å². The highest BCUT2D eigenvalue weighted by molar-refractivity contribution is 5.92. The van der Waals surface area contributed by atoms with Crippen molar-refractivity contribution in [3.8, 4) is 0 Å². The first kappa shape index (κ1) is 18.5. The summed E-state index contributed by atoms with van der Waals surface area (Å²) in [7, 11) is 0. The summed E-state index contributed by atoms with van der Waals surface area (Å²) in [5.74, 6) is -0.260. The van der Waals surface area contributed by atoms with Crippen LogP contribution in [0.5, 0.6) is 0 Å². The van der Waals surface area contributed by atoms with Crippen LogP contribution in [0.4, 0.5) is 5.69 Å². The zero-order valence-electron chi connectivity index (χ0n) is 16.2. The van der Waals surface area contributed by atoms with Gasteiger partial charge in [-0.25, -0.2) is 0 Å². The molecule has 2 unspecified atom stereocenters. The van der Waals surface area contributed by atoms with Crippen LogP contribution in [0.2, 0.25) is 0 Å². The minimum Gasteiger partial charge on any atom is -0.368 e. The molecule has 1 saturated carbocycles. The fourth-order valence-electron chi connectivity index (χ4n) is 3.81. The van der Waals surface area contributed by atoms with Crippen molar-refractivity contribution >= 4 is 17.5 Å². The number of carbonyl (C=O) groups excluding carboxylic acids is 2. The van der Waals surface area contributed by atoms with E-state index in [2.05, 4.69) is 46.4 Å². The van der Waals surface area contributed by atoms with E-state index in [0.29, 0.717) is 26.1 Å². The Kier molecular flexibility index (Phi) is 5.28. The van der Waals surface area contributed by atoms with E-state index in [0.717, 1.165) is 18.8 Å². The van der Waals surface area contributed by atoms with Gasteiger partial charge >= 0.3 is 0 Å². The van der Waals surface area contributed by atoms with Crippen LogP contribution in [-0.4, -0.2) is 47.9 Å². The van der Waals surface area contributed by atoms with Crippen molar-refractivity contribution in [3.05, 3.63) is 59.9 Å². The maximum absolute atomic E-state index is 12.8. The fourth-order valence-corrected chi connectivity index (χ4v) is 3.81. The molecule has 2 fully saturated rings. The summed E-state index contributed by atoms with van der Waals surface area (Å²) in [6.07, 6.45) is 2.37. The lowest BCUT2D eigenvalue weighted by Crippen LogP contribution is -2.49. The molecule has 6 heteroatoms. The van der Waals surface area contributed by atoms with Gasteiger partial charge in [-0.05, 0) is 43.2 Å². The van der Waals surface area contributed by atoms with E-state index in [1.807, 2.05) is 23.1 Å². The summed E-state index contributed by atoms with van der Waals surface area (Å²) >= 11 is 0. The normalized spacial score (nSPS) is 21.3. The maximum Gasteiger partial charge on any atom is 0.226 e. The van der Waals surface area contributed by atoms with Gasteiger partial charge in [0.15, 0.2) is 0 Å². The van der Waals surface area contributed by atoms with Crippen molar-refractivity contribution < 1.29 is 9.59 Å². The summed E-state index contributed by atoms with van der Waals surface area (Å²) in [5.41, 5.74) is 3.28. The number of anilines is 1. The molecule has 0 spiro atoms. The Morgan fingerprint density at radius 3 is 2.61 bits per heavy atom. The predicted molar refractivity (Wildman–Crippen MR) is 108 cm³/mol. The van der Waals surface area contributed by atoms with Gasteiger partial charge in [-0.15, -0.1) is 0 Å². The second kappa shape index (κ2) is 8.00. The molecular weight excluding hydrogens is 352 g/mol. The van der Waals surface area contributed by atoms with E-state index in [-0.39, 0.29) is 23.7 Å². The highest BCUT2D eigenvalue weighted by atomic mass is 16.2. The Morgan fingerprint density at radius 2 is 1.89 bits per heavy atom. The van der Waals surface area contributed by atoms with Crippen LogP contribution in [0.1, 0.15) is 17.7 Å². The molecule has 0 radical (unpaired) electrons. The standard InChI is InChI=1S/C22H26N4O2/c1-16-5-4-7-18(13-16)25-9-11-26(12-10-25)22(28)20-14-19(20)21(27)24-15-17-6-2-3-8-23-17/h2-8,13,19-20H,9-12,14-15H2,1H3,(H,24,27).